The number of benzene rings is 1. The van der Waals surface area contributed by atoms with E-state index in [4.69, 9.17) is 4.74 Å². The molecule has 6 heteroatoms. The SMILES string of the molecule is O=C(COc1ccc(F)cc1)NCCc1cncnc1. The quantitative estimate of drug-likeness (QED) is 0.864. The van der Waals surface area contributed by atoms with Crippen molar-refractivity contribution in [2.24, 2.45) is 0 Å². The molecule has 0 aliphatic rings. The first-order valence-electron chi connectivity index (χ1n) is 6.13. The van der Waals surface area contributed by atoms with Gasteiger partial charge in [-0.15, -0.1) is 0 Å². The lowest BCUT2D eigenvalue weighted by Gasteiger charge is -2.07. The Bertz CT molecular complexity index is 546. The smallest absolute Gasteiger partial charge is 0.257 e. The maximum Gasteiger partial charge on any atom is 0.257 e. The van der Waals surface area contributed by atoms with E-state index in [1.54, 1.807) is 12.4 Å². The molecular weight excluding hydrogens is 261 g/mol. The van der Waals surface area contributed by atoms with Crippen molar-refractivity contribution in [1.82, 2.24) is 15.3 Å². The lowest BCUT2D eigenvalue weighted by atomic mass is 10.2. The third kappa shape index (κ3) is 4.64. The number of carbonyl (C=O) groups is 1. The largest absolute Gasteiger partial charge is 0.484 e. The van der Waals surface area contributed by atoms with Crippen LogP contribution in [0.2, 0.25) is 0 Å². The van der Waals surface area contributed by atoms with Crippen molar-refractivity contribution in [3.05, 3.63) is 54.4 Å². The molecule has 0 aliphatic carbocycles. The van der Waals surface area contributed by atoms with Crippen LogP contribution < -0.4 is 10.1 Å². The van der Waals surface area contributed by atoms with Gasteiger partial charge < -0.3 is 10.1 Å². The molecule has 1 amide bonds. The van der Waals surface area contributed by atoms with Gasteiger partial charge >= 0.3 is 0 Å². The Morgan fingerprint density at radius 1 is 1.20 bits per heavy atom. The molecule has 0 saturated carbocycles. The summed E-state index contributed by atoms with van der Waals surface area (Å²) in [5.41, 5.74) is 0.951. The molecule has 0 unspecified atom stereocenters. The van der Waals surface area contributed by atoms with Gasteiger partial charge in [0.05, 0.1) is 0 Å². The number of hydrogen-bond donors (Lipinski definition) is 1. The number of nitrogens with zero attached hydrogens (tertiary/aromatic N) is 2. The Morgan fingerprint density at radius 3 is 2.60 bits per heavy atom. The molecule has 2 rings (SSSR count). The molecule has 1 N–H and O–H groups in total. The molecule has 0 spiro atoms. The lowest BCUT2D eigenvalue weighted by Crippen LogP contribution is -2.30. The highest BCUT2D eigenvalue weighted by molar-refractivity contribution is 5.77. The van der Waals surface area contributed by atoms with Crippen molar-refractivity contribution >= 4 is 5.91 Å². The second-order valence-electron chi connectivity index (χ2n) is 4.09. The number of nitrogens with one attached hydrogen (secondary N) is 1. The fourth-order valence-corrected chi connectivity index (χ4v) is 1.54. The van der Waals surface area contributed by atoms with Crippen LogP contribution in [0, 0.1) is 5.82 Å². The summed E-state index contributed by atoms with van der Waals surface area (Å²) in [5.74, 6) is -0.115. The summed E-state index contributed by atoms with van der Waals surface area (Å²) < 4.78 is 17.9. The topological polar surface area (TPSA) is 64.1 Å². The molecule has 0 atom stereocenters. The molecule has 0 radical (unpaired) electrons. The first-order valence-corrected chi connectivity index (χ1v) is 6.13. The molecule has 104 valence electrons. The summed E-state index contributed by atoms with van der Waals surface area (Å²) in [5, 5.41) is 2.72. The van der Waals surface area contributed by atoms with Crippen LogP contribution in [0.1, 0.15) is 5.56 Å². The van der Waals surface area contributed by atoms with Crippen molar-refractivity contribution in [2.45, 2.75) is 6.42 Å². The number of rotatable bonds is 6. The number of carbonyl (C=O) groups excluding carboxylic acids is 1. The number of amides is 1. The minimum Gasteiger partial charge on any atom is -0.484 e. The van der Waals surface area contributed by atoms with Gasteiger partial charge in [-0.2, -0.15) is 0 Å². The predicted molar refractivity (Wildman–Crippen MR) is 70.6 cm³/mol. The van der Waals surface area contributed by atoms with E-state index in [2.05, 4.69) is 15.3 Å². The Balaban J connectivity index is 1.67. The fraction of sp³-hybridized carbons (Fsp3) is 0.214. The summed E-state index contributed by atoms with van der Waals surface area (Å²) >= 11 is 0. The first kappa shape index (κ1) is 13.9. The zero-order chi connectivity index (χ0) is 14.2. The highest BCUT2D eigenvalue weighted by atomic mass is 19.1. The third-order valence-electron chi connectivity index (χ3n) is 2.53. The summed E-state index contributed by atoms with van der Waals surface area (Å²) in [6.07, 6.45) is 5.52. The molecule has 2 aromatic rings. The lowest BCUT2D eigenvalue weighted by molar-refractivity contribution is -0.123. The number of halogens is 1. The van der Waals surface area contributed by atoms with Crippen LogP contribution in [-0.4, -0.2) is 29.0 Å². The van der Waals surface area contributed by atoms with Crippen molar-refractivity contribution < 1.29 is 13.9 Å². The van der Waals surface area contributed by atoms with Gasteiger partial charge in [-0.1, -0.05) is 0 Å². The van der Waals surface area contributed by atoms with Gasteiger partial charge in [-0.25, -0.2) is 14.4 Å². The Labute approximate surface area is 115 Å². The fourth-order valence-electron chi connectivity index (χ4n) is 1.54. The van der Waals surface area contributed by atoms with Crippen LogP contribution in [-0.2, 0) is 11.2 Å². The van der Waals surface area contributed by atoms with E-state index in [1.165, 1.54) is 30.6 Å². The standard InChI is InChI=1S/C14H14FN3O2/c15-12-1-3-13(4-2-12)20-9-14(19)18-6-5-11-7-16-10-17-8-11/h1-4,7-8,10H,5-6,9H2,(H,18,19). The van der Waals surface area contributed by atoms with E-state index in [1.807, 2.05) is 0 Å². The van der Waals surface area contributed by atoms with Crippen LogP contribution in [0.4, 0.5) is 4.39 Å². The van der Waals surface area contributed by atoms with Gasteiger partial charge in [-0.05, 0) is 36.2 Å². The maximum absolute atomic E-state index is 12.7. The number of aromatic nitrogens is 2. The maximum atomic E-state index is 12.7. The summed E-state index contributed by atoms with van der Waals surface area (Å²) in [6.45, 7) is 0.385. The number of hydrogen-bond acceptors (Lipinski definition) is 4. The zero-order valence-electron chi connectivity index (χ0n) is 10.8. The van der Waals surface area contributed by atoms with Gasteiger partial charge in [0.2, 0.25) is 0 Å². The van der Waals surface area contributed by atoms with Crippen molar-refractivity contribution in [3.8, 4) is 5.75 Å². The average Bonchev–Trinajstić information content (AvgIpc) is 2.48. The highest BCUT2D eigenvalue weighted by Crippen LogP contribution is 2.10. The van der Waals surface area contributed by atoms with E-state index in [0.29, 0.717) is 18.7 Å². The second-order valence-corrected chi connectivity index (χ2v) is 4.09. The molecule has 1 heterocycles. The van der Waals surface area contributed by atoms with Crippen LogP contribution in [0.25, 0.3) is 0 Å². The molecule has 0 aliphatic heterocycles. The molecule has 0 bridgehead atoms. The summed E-state index contributed by atoms with van der Waals surface area (Å²) in [7, 11) is 0. The normalized spacial score (nSPS) is 10.1. The zero-order valence-corrected chi connectivity index (χ0v) is 10.8. The van der Waals surface area contributed by atoms with Crippen LogP contribution in [0.15, 0.2) is 43.0 Å². The van der Waals surface area contributed by atoms with E-state index < -0.39 is 0 Å². The molecule has 20 heavy (non-hydrogen) atoms. The van der Waals surface area contributed by atoms with Gasteiger partial charge in [0.1, 0.15) is 17.9 Å². The van der Waals surface area contributed by atoms with E-state index in [9.17, 15) is 9.18 Å². The van der Waals surface area contributed by atoms with Gasteiger partial charge in [0, 0.05) is 18.9 Å². The second kappa shape index (κ2) is 7.18. The molecule has 1 aromatic heterocycles. The minimum atomic E-state index is -0.341. The molecule has 1 aromatic carbocycles. The van der Waals surface area contributed by atoms with E-state index in [-0.39, 0.29) is 18.3 Å². The van der Waals surface area contributed by atoms with Crippen LogP contribution in [0.3, 0.4) is 0 Å². The van der Waals surface area contributed by atoms with Gasteiger partial charge in [0.15, 0.2) is 6.61 Å². The average molecular weight is 275 g/mol. The minimum absolute atomic E-state index is 0.100. The first-order chi connectivity index (χ1) is 9.74. The van der Waals surface area contributed by atoms with Crippen molar-refractivity contribution in [2.75, 3.05) is 13.2 Å². The Morgan fingerprint density at radius 2 is 1.90 bits per heavy atom. The molecule has 0 saturated heterocycles. The van der Waals surface area contributed by atoms with Gasteiger partial charge in [0.25, 0.3) is 5.91 Å². The van der Waals surface area contributed by atoms with Crippen molar-refractivity contribution in [1.29, 1.82) is 0 Å². The molecule has 0 fully saturated rings. The van der Waals surface area contributed by atoms with E-state index >= 15 is 0 Å². The summed E-state index contributed by atoms with van der Waals surface area (Å²) in [6, 6.07) is 5.51. The molecule has 5 nitrogen and oxygen atoms in total. The number of ether oxygens (including phenoxy) is 1. The van der Waals surface area contributed by atoms with Gasteiger partial charge in [-0.3, -0.25) is 4.79 Å². The highest BCUT2D eigenvalue weighted by Gasteiger charge is 2.02. The summed E-state index contributed by atoms with van der Waals surface area (Å²) in [4.78, 5) is 19.3. The molecular formula is C14H14FN3O2. The monoisotopic (exact) mass is 275 g/mol. The van der Waals surface area contributed by atoms with Crippen molar-refractivity contribution in [3.63, 3.8) is 0 Å². The van der Waals surface area contributed by atoms with Crippen LogP contribution >= 0.6 is 0 Å². The predicted octanol–water partition coefficient (Wildman–Crippen LogP) is 1.35. The Hall–Kier alpha value is -2.50. The Kier molecular flexibility index (Phi) is 5.00. The van der Waals surface area contributed by atoms with E-state index in [0.717, 1.165) is 5.56 Å². The third-order valence-corrected chi connectivity index (χ3v) is 2.53. The van der Waals surface area contributed by atoms with Crippen LogP contribution in [0.5, 0.6) is 5.75 Å².